The van der Waals surface area contributed by atoms with Crippen molar-refractivity contribution < 1.29 is 9.59 Å². The first kappa shape index (κ1) is 22.9. The molecule has 8 fully saturated rings. The second kappa shape index (κ2) is 7.63. The number of para-hydroxylation sites is 1. The average molecular weight is 516 g/mol. The standard InChI is InChI=1S/C29H36Cl2N2O2/c30-28-11-18-5-19(12-28)8-26(7-18,16-28)24(34)32-15-22-3-1-2-4-23(22)33-25(35)27-9-20-6-21(10-27)14-29(31,13-20)17-27/h1-4,18-21H,5-17H2,(H,32,34)(H,33,35)/t18-,19+,20-,21+,26?,27?,28?,29?. The van der Waals surface area contributed by atoms with Gasteiger partial charge >= 0.3 is 0 Å². The van der Waals surface area contributed by atoms with Crippen LogP contribution in [0.3, 0.4) is 0 Å². The maximum Gasteiger partial charge on any atom is 0.230 e. The van der Waals surface area contributed by atoms with Gasteiger partial charge in [-0.1, -0.05) is 18.2 Å². The van der Waals surface area contributed by atoms with Gasteiger partial charge in [0.25, 0.3) is 0 Å². The van der Waals surface area contributed by atoms with E-state index in [0.29, 0.717) is 30.2 Å². The van der Waals surface area contributed by atoms with Gasteiger partial charge in [-0.2, -0.15) is 0 Å². The summed E-state index contributed by atoms with van der Waals surface area (Å²) >= 11 is 14.0. The van der Waals surface area contributed by atoms with E-state index < -0.39 is 0 Å². The predicted molar refractivity (Wildman–Crippen MR) is 138 cm³/mol. The lowest BCUT2D eigenvalue weighted by Gasteiger charge is -2.59. The molecule has 0 spiro atoms. The van der Waals surface area contributed by atoms with Gasteiger partial charge < -0.3 is 10.6 Å². The van der Waals surface area contributed by atoms with Crippen LogP contribution in [0.4, 0.5) is 5.69 Å². The third-order valence-corrected chi connectivity index (χ3v) is 11.5. The molecular formula is C29H36Cl2N2O2. The minimum absolute atomic E-state index is 0.126. The SMILES string of the molecule is O=C(NCc1ccccc1NC(=O)C12C[C@@H]3C[C@@H](CC(Cl)(C3)C1)C2)C12C[C@@H]3C[C@@H](CC(Cl)(C3)C1)C2. The molecule has 8 bridgehead atoms. The van der Waals surface area contributed by atoms with Crippen molar-refractivity contribution in [3.63, 3.8) is 0 Å². The molecule has 0 aromatic heterocycles. The molecule has 9 rings (SSSR count). The number of carbonyl (C=O) groups excluding carboxylic acids is 2. The van der Waals surface area contributed by atoms with E-state index in [-0.39, 0.29) is 32.4 Å². The fourth-order valence-electron chi connectivity index (χ4n) is 10.2. The summed E-state index contributed by atoms with van der Waals surface area (Å²) in [6, 6.07) is 7.92. The Balaban J connectivity index is 1.06. The lowest BCUT2D eigenvalue weighted by Crippen LogP contribution is -2.58. The fraction of sp³-hybridized carbons (Fsp3) is 0.724. The maximum atomic E-state index is 13.7. The highest BCUT2D eigenvalue weighted by Gasteiger charge is 2.61. The van der Waals surface area contributed by atoms with E-state index in [0.717, 1.165) is 75.5 Å². The van der Waals surface area contributed by atoms with E-state index in [1.165, 1.54) is 12.8 Å². The molecule has 0 saturated heterocycles. The van der Waals surface area contributed by atoms with Gasteiger partial charge in [-0.25, -0.2) is 0 Å². The molecule has 188 valence electrons. The Morgan fingerprint density at radius 1 is 0.743 bits per heavy atom. The number of nitrogens with one attached hydrogen (secondary N) is 2. The summed E-state index contributed by atoms with van der Waals surface area (Å²) in [5.74, 6) is 2.63. The topological polar surface area (TPSA) is 58.2 Å². The van der Waals surface area contributed by atoms with Crippen molar-refractivity contribution in [2.75, 3.05) is 5.32 Å². The Labute approximate surface area is 218 Å². The van der Waals surface area contributed by atoms with Gasteiger partial charge in [-0.15, -0.1) is 23.2 Å². The number of anilines is 1. The van der Waals surface area contributed by atoms with Gasteiger partial charge in [0.15, 0.2) is 0 Å². The molecule has 4 nitrogen and oxygen atoms in total. The second-order valence-electron chi connectivity index (χ2n) is 13.6. The van der Waals surface area contributed by atoms with Gasteiger partial charge in [0, 0.05) is 22.0 Å². The number of rotatable bonds is 5. The van der Waals surface area contributed by atoms with E-state index in [4.69, 9.17) is 23.2 Å². The van der Waals surface area contributed by atoms with Crippen molar-refractivity contribution in [3.05, 3.63) is 29.8 Å². The molecule has 6 heteroatoms. The molecule has 0 radical (unpaired) electrons. The molecule has 2 N–H and O–H groups in total. The zero-order chi connectivity index (χ0) is 24.1. The van der Waals surface area contributed by atoms with E-state index >= 15 is 0 Å². The molecule has 4 unspecified atom stereocenters. The van der Waals surface area contributed by atoms with Gasteiger partial charge in [0.2, 0.25) is 11.8 Å². The summed E-state index contributed by atoms with van der Waals surface area (Å²) in [6.07, 6.45) is 12.2. The Morgan fingerprint density at radius 2 is 1.23 bits per heavy atom. The molecule has 8 atom stereocenters. The second-order valence-corrected chi connectivity index (χ2v) is 15.2. The van der Waals surface area contributed by atoms with Gasteiger partial charge in [0.05, 0.1) is 10.8 Å². The summed E-state index contributed by atoms with van der Waals surface area (Å²) in [5.41, 5.74) is 1.13. The van der Waals surface area contributed by atoms with E-state index in [1.54, 1.807) is 0 Å². The lowest BCUT2D eigenvalue weighted by atomic mass is 9.49. The first-order valence-electron chi connectivity index (χ1n) is 13.7. The first-order valence-corrected chi connectivity index (χ1v) is 14.5. The number of alkyl halides is 2. The van der Waals surface area contributed by atoms with Crippen LogP contribution in [0.15, 0.2) is 24.3 Å². The predicted octanol–water partition coefficient (Wildman–Crippen LogP) is 6.40. The molecule has 8 aliphatic rings. The summed E-state index contributed by atoms with van der Waals surface area (Å²) in [7, 11) is 0. The van der Waals surface area contributed by atoms with Gasteiger partial charge in [0.1, 0.15) is 0 Å². The smallest absolute Gasteiger partial charge is 0.230 e. The third-order valence-electron chi connectivity index (χ3n) is 10.6. The monoisotopic (exact) mass is 514 g/mol. The van der Waals surface area contributed by atoms with Crippen LogP contribution < -0.4 is 10.6 Å². The van der Waals surface area contributed by atoms with Crippen molar-refractivity contribution in [1.29, 1.82) is 0 Å². The molecule has 0 aliphatic heterocycles. The Kier molecular flexibility index (Phi) is 4.99. The minimum Gasteiger partial charge on any atom is -0.351 e. The van der Waals surface area contributed by atoms with Crippen LogP contribution in [0, 0.1) is 34.5 Å². The zero-order valence-corrected chi connectivity index (χ0v) is 21.9. The molecule has 8 saturated carbocycles. The summed E-state index contributed by atoms with van der Waals surface area (Å²) in [4.78, 5) is 26.9. The molecule has 35 heavy (non-hydrogen) atoms. The quantitative estimate of drug-likeness (QED) is 0.446. The fourth-order valence-corrected chi connectivity index (χ4v) is 11.6. The van der Waals surface area contributed by atoms with Crippen LogP contribution in [0.2, 0.25) is 0 Å². The van der Waals surface area contributed by atoms with Crippen LogP contribution in [0.5, 0.6) is 0 Å². The summed E-state index contributed by atoms with van der Waals surface area (Å²) in [6.45, 7) is 0.430. The van der Waals surface area contributed by atoms with E-state index in [1.807, 2.05) is 24.3 Å². The average Bonchev–Trinajstić information content (AvgIpc) is 2.75. The molecule has 8 aliphatic carbocycles. The molecule has 1 aromatic rings. The van der Waals surface area contributed by atoms with Crippen LogP contribution in [-0.4, -0.2) is 21.6 Å². The highest BCUT2D eigenvalue weighted by atomic mass is 35.5. The number of amides is 2. The molecule has 0 heterocycles. The maximum absolute atomic E-state index is 13.7. The Hall–Kier alpha value is -1.26. The van der Waals surface area contributed by atoms with Crippen LogP contribution >= 0.6 is 23.2 Å². The van der Waals surface area contributed by atoms with Crippen molar-refractivity contribution >= 4 is 40.7 Å². The Bertz CT molecular complexity index is 1060. The van der Waals surface area contributed by atoms with Crippen molar-refractivity contribution in [2.24, 2.45) is 34.5 Å². The number of halogens is 2. The van der Waals surface area contributed by atoms with E-state index in [9.17, 15) is 9.59 Å². The highest BCUT2D eigenvalue weighted by Crippen LogP contribution is 2.65. The lowest BCUT2D eigenvalue weighted by molar-refractivity contribution is -0.144. The largest absolute Gasteiger partial charge is 0.351 e. The highest BCUT2D eigenvalue weighted by molar-refractivity contribution is 6.24. The number of hydrogen-bond donors (Lipinski definition) is 2. The number of benzene rings is 1. The van der Waals surface area contributed by atoms with Crippen LogP contribution in [0.25, 0.3) is 0 Å². The van der Waals surface area contributed by atoms with Crippen molar-refractivity contribution in [3.8, 4) is 0 Å². The summed E-state index contributed by atoms with van der Waals surface area (Å²) in [5, 5.41) is 6.54. The normalized spacial score (nSPS) is 46.6. The zero-order valence-electron chi connectivity index (χ0n) is 20.4. The summed E-state index contributed by atoms with van der Waals surface area (Å²) < 4.78 is 0. The molecule has 1 aromatic carbocycles. The third kappa shape index (κ3) is 3.76. The Morgan fingerprint density at radius 3 is 1.74 bits per heavy atom. The number of carbonyl (C=O) groups is 2. The number of hydrogen-bond acceptors (Lipinski definition) is 2. The first-order chi connectivity index (χ1) is 16.7. The van der Waals surface area contributed by atoms with Crippen LogP contribution in [-0.2, 0) is 16.1 Å². The van der Waals surface area contributed by atoms with Gasteiger partial charge in [-0.05, 0) is 112 Å². The van der Waals surface area contributed by atoms with Gasteiger partial charge in [-0.3, -0.25) is 9.59 Å². The van der Waals surface area contributed by atoms with Crippen molar-refractivity contribution in [2.45, 2.75) is 93.3 Å². The molecule has 2 amide bonds. The minimum atomic E-state index is -0.337. The van der Waals surface area contributed by atoms with E-state index in [2.05, 4.69) is 10.6 Å². The molecular weight excluding hydrogens is 479 g/mol. The van der Waals surface area contributed by atoms with Crippen LogP contribution in [0.1, 0.15) is 82.6 Å². The van der Waals surface area contributed by atoms with Crippen molar-refractivity contribution in [1.82, 2.24) is 5.32 Å².